The molecule has 0 spiro atoms. The number of H-pyrrole nitrogens is 1. The van der Waals surface area contributed by atoms with Crippen molar-refractivity contribution in [2.45, 2.75) is 0 Å². The lowest BCUT2D eigenvalue weighted by Crippen LogP contribution is -2.21. The fourth-order valence-corrected chi connectivity index (χ4v) is 0.539. The summed E-state index contributed by atoms with van der Waals surface area (Å²) in [7, 11) is 0. The molecule has 0 aliphatic heterocycles. The van der Waals surface area contributed by atoms with E-state index in [9.17, 15) is 17.6 Å². The second kappa shape index (κ2) is 2.37. The van der Waals surface area contributed by atoms with E-state index in [1.807, 2.05) is 0 Å². The molecule has 0 bridgehead atoms. The van der Waals surface area contributed by atoms with Gasteiger partial charge in [0, 0.05) is 0 Å². The summed E-state index contributed by atoms with van der Waals surface area (Å²) in [6.07, 6.45) is 0. The number of nitrogen functional groups attached to an aromatic ring is 1. The summed E-state index contributed by atoms with van der Waals surface area (Å²) in [5, 5.41) is 0. The van der Waals surface area contributed by atoms with Gasteiger partial charge in [0.25, 0.3) is 11.6 Å². The Hall–Kier alpha value is -1.33. The third-order valence-corrected chi connectivity index (χ3v) is 1.08. The highest BCUT2D eigenvalue weighted by Gasteiger charge is 2.23. The van der Waals surface area contributed by atoms with Crippen LogP contribution < -0.4 is 10.7 Å². The van der Waals surface area contributed by atoms with Crippen molar-refractivity contribution in [2.24, 2.45) is 0 Å². The number of nitrogens with two attached hydrogens (primary N) is 1. The number of pyridine rings is 1. The highest BCUT2D eigenvalue weighted by Crippen LogP contribution is 2.15. The van der Waals surface area contributed by atoms with Crippen molar-refractivity contribution in [1.29, 1.82) is 0 Å². The minimum atomic E-state index is -1.62. The first-order valence-corrected chi connectivity index (χ1v) is 2.54. The van der Waals surface area contributed by atoms with E-state index < -0.39 is 29.2 Å². The topological polar surface area (TPSA) is 40.2 Å². The van der Waals surface area contributed by atoms with Gasteiger partial charge in [-0.3, -0.25) is 0 Å². The molecule has 0 unspecified atom stereocenters. The highest BCUT2D eigenvalue weighted by atomic mass is 19.2. The van der Waals surface area contributed by atoms with Crippen LogP contribution in [0.5, 0.6) is 0 Å². The Balaban J connectivity index is 3.46. The number of halogens is 4. The molecule has 2 nitrogen and oxygen atoms in total. The fraction of sp³-hybridized carbons (Fsp3) is 0. The number of nitrogens with one attached hydrogen (secondary N) is 1. The van der Waals surface area contributed by atoms with Crippen LogP contribution in [0.1, 0.15) is 0 Å². The SMILES string of the molecule is Nc1c(F)c(F)[nH+]c(F)c1F. The van der Waals surface area contributed by atoms with E-state index in [4.69, 9.17) is 0 Å². The van der Waals surface area contributed by atoms with Gasteiger partial charge in [-0.1, -0.05) is 0 Å². The lowest BCUT2D eigenvalue weighted by molar-refractivity contribution is -0.467. The summed E-state index contributed by atoms with van der Waals surface area (Å²) in [4.78, 5) is 1.18. The third kappa shape index (κ3) is 1.11. The van der Waals surface area contributed by atoms with Crippen LogP contribution in [0.3, 0.4) is 0 Å². The van der Waals surface area contributed by atoms with Crippen LogP contribution in [0.4, 0.5) is 23.2 Å². The summed E-state index contributed by atoms with van der Waals surface area (Å²) in [5.41, 5.74) is 3.47. The Kier molecular flexibility index (Phi) is 1.67. The molecule has 11 heavy (non-hydrogen) atoms. The summed E-state index contributed by atoms with van der Waals surface area (Å²) in [5.74, 6) is -6.49. The number of aromatic nitrogens is 1. The molecule has 0 amide bonds. The highest BCUT2D eigenvalue weighted by molar-refractivity contribution is 5.37. The summed E-state index contributed by atoms with van der Waals surface area (Å²) in [6.45, 7) is 0. The summed E-state index contributed by atoms with van der Waals surface area (Å²) < 4.78 is 48.7. The van der Waals surface area contributed by atoms with Crippen molar-refractivity contribution in [2.75, 3.05) is 5.73 Å². The summed E-state index contributed by atoms with van der Waals surface area (Å²) >= 11 is 0. The predicted molar refractivity (Wildman–Crippen MR) is 27.2 cm³/mol. The molecule has 1 heterocycles. The van der Waals surface area contributed by atoms with E-state index in [0.717, 1.165) is 0 Å². The molecule has 0 radical (unpaired) electrons. The number of anilines is 1. The molecule has 1 aromatic heterocycles. The van der Waals surface area contributed by atoms with Crippen LogP contribution in [0, 0.1) is 23.5 Å². The van der Waals surface area contributed by atoms with Gasteiger partial charge in [-0.05, 0) is 0 Å². The van der Waals surface area contributed by atoms with Crippen molar-refractivity contribution in [1.82, 2.24) is 0 Å². The van der Waals surface area contributed by atoms with Gasteiger partial charge in [0.05, 0.1) is 0 Å². The second-order valence-electron chi connectivity index (χ2n) is 1.79. The molecule has 0 saturated heterocycles. The van der Waals surface area contributed by atoms with Crippen LogP contribution in [-0.2, 0) is 0 Å². The van der Waals surface area contributed by atoms with Gasteiger partial charge in [-0.25, -0.2) is 0 Å². The summed E-state index contributed by atoms with van der Waals surface area (Å²) in [6, 6.07) is 0. The van der Waals surface area contributed by atoms with Gasteiger partial charge in [-0.15, -0.1) is 13.8 Å². The minimum absolute atomic E-state index is 1.17. The third-order valence-electron chi connectivity index (χ3n) is 1.08. The van der Waals surface area contributed by atoms with Crippen LogP contribution in [0.25, 0.3) is 0 Å². The lowest BCUT2D eigenvalue weighted by atomic mass is 10.4. The number of hydrogen-bond donors (Lipinski definition) is 1. The Bertz CT molecular complexity index is 273. The molecule has 0 aromatic carbocycles. The van der Waals surface area contributed by atoms with Gasteiger partial charge >= 0.3 is 11.9 Å². The molecular weight excluding hydrogens is 164 g/mol. The first-order chi connectivity index (χ1) is 5.04. The molecule has 1 rings (SSSR count). The van der Waals surface area contributed by atoms with E-state index >= 15 is 0 Å². The van der Waals surface area contributed by atoms with Crippen molar-refractivity contribution in [3.05, 3.63) is 23.5 Å². The van der Waals surface area contributed by atoms with Crippen LogP contribution in [0.15, 0.2) is 0 Å². The lowest BCUT2D eigenvalue weighted by Gasteiger charge is -1.93. The quantitative estimate of drug-likeness (QED) is 0.447. The average molecular weight is 167 g/mol. The Labute approximate surface area is 58.7 Å². The first kappa shape index (κ1) is 7.77. The van der Waals surface area contributed by atoms with Crippen LogP contribution >= 0.6 is 0 Å². The zero-order valence-electron chi connectivity index (χ0n) is 5.09. The Morgan fingerprint density at radius 3 is 1.64 bits per heavy atom. The molecule has 3 N–H and O–H groups in total. The van der Waals surface area contributed by atoms with Crippen molar-refractivity contribution < 1.29 is 22.5 Å². The molecular formula is C5H3F4N2+. The van der Waals surface area contributed by atoms with Gasteiger partial charge in [0.2, 0.25) is 0 Å². The first-order valence-electron chi connectivity index (χ1n) is 2.54. The van der Waals surface area contributed by atoms with Crippen molar-refractivity contribution >= 4 is 5.69 Å². The standard InChI is InChI=1S/C5H2F4N2/c6-1-3(10)2(7)5(9)11-4(1)8/h(H2,10,11)/p+1. The molecule has 0 fully saturated rings. The van der Waals surface area contributed by atoms with Gasteiger partial charge in [0.1, 0.15) is 5.69 Å². The van der Waals surface area contributed by atoms with Crippen LogP contribution in [0.2, 0.25) is 0 Å². The Morgan fingerprint density at radius 1 is 0.909 bits per heavy atom. The maximum Gasteiger partial charge on any atom is 0.399 e. The average Bonchev–Trinajstić information content (AvgIpc) is 1.97. The van der Waals surface area contributed by atoms with Crippen molar-refractivity contribution in [3.63, 3.8) is 0 Å². The molecule has 6 heteroatoms. The molecule has 0 saturated carbocycles. The van der Waals surface area contributed by atoms with Gasteiger partial charge in [-0.2, -0.15) is 8.78 Å². The van der Waals surface area contributed by atoms with Crippen molar-refractivity contribution in [3.8, 4) is 0 Å². The van der Waals surface area contributed by atoms with E-state index in [2.05, 4.69) is 5.73 Å². The molecule has 0 atom stereocenters. The molecule has 0 aliphatic rings. The largest absolute Gasteiger partial charge is 0.399 e. The molecule has 0 aliphatic carbocycles. The number of hydrogen-bond acceptors (Lipinski definition) is 1. The Morgan fingerprint density at radius 2 is 1.27 bits per heavy atom. The maximum atomic E-state index is 12.2. The van der Waals surface area contributed by atoms with Crippen LogP contribution in [-0.4, -0.2) is 0 Å². The zero-order valence-corrected chi connectivity index (χ0v) is 5.09. The number of rotatable bonds is 0. The number of aromatic amines is 1. The van der Waals surface area contributed by atoms with Gasteiger partial charge in [0.15, 0.2) is 0 Å². The second-order valence-corrected chi connectivity index (χ2v) is 1.79. The van der Waals surface area contributed by atoms with Gasteiger partial charge < -0.3 is 5.73 Å². The maximum absolute atomic E-state index is 12.2. The van der Waals surface area contributed by atoms with E-state index in [1.165, 1.54) is 4.98 Å². The fourth-order valence-electron chi connectivity index (χ4n) is 0.539. The normalized spacial score (nSPS) is 10.2. The molecule has 60 valence electrons. The van der Waals surface area contributed by atoms with E-state index in [1.54, 1.807) is 0 Å². The van der Waals surface area contributed by atoms with E-state index in [-0.39, 0.29) is 0 Å². The van der Waals surface area contributed by atoms with E-state index in [0.29, 0.717) is 0 Å². The predicted octanol–water partition coefficient (Wildman–Crippen LogP) is 0.639. The zero-order chi connectivity index (χ0) is 8.59. The molecule has 1 aromatic rings. The minimum Gasteiger partial charge on any atom is -0.393 e. The smallest absolute Gasteiger partial charge is 0.393 e. The monoisotopic (exact) mass is 167 g/mol.